The Labute approximate surface area is 418 Å². The summed E-state index contributed by atoms with van der Waals surface area (Å²) in [5, 5.41) is 23.3. The SMILES string of the molecule is CCCCCC/C=C\CCCCCCCC(=O)OCCCCCCCCCCC/C=C\CCCCCCCCCC(=O)NC(CO)C(O)CCCCCCCCCCCCCCCCCCC. The van der Waals surface area contributed by atoms with E-state index in [2.05, 4.69) is 43.5 Å². The van der Waals surface area contributed by atoms with E-state index in [9.17, 15) is 19.8 Å². The minimum atomic E-state index is -0.670. The molecule has 67 heavy (non-hydrogen) atoms. The van der Waals surface area contributed by atoms with Crippen LogP contribution in [0.3, 0.4) is 0 Å². The molecule has 3 N–H and O–H groups in total. The number of rotatable bonds is 56. The maximum absolute atomic E-state index is 12.5. The number of ether oxygens (including phenoxy) is 1. The lowest BCUT2D eigenvalue weighted by atomic mass is 10.0. The van der Waals surface area contributed by atoms with Gasteiger partial charge in [0.05, 0.1) is 25.4 Å². The lowest BCUT2D eigenvalue weighted by Gasteiger charge is -2.22. The van der Waals surface area contributed by atoms with E-state index >= 15 is 0 Å². The lowest BCUT2D eigenvalue weighted by molar-refractivity contribution is -0.143. The molecule has 0 aliphatic carbocycles. The van der Waals surface area contributed by atoms with E-state index in [0.29, 0.717) is 25.9 Å². The number of hydrogen-bond acceptors (Lipinski definition) is 5. The third kappa shape index (κ3) is 53.5. The predicted octanol–water partition coefficient (Wildman–Crippen LogP) is 18.6. The van der Waals surface area contributed by atoms with Crippen molar-refractivity contribution in [3.63, 3.8) is 0 Å². The van der Waals surface area contributed by atoms with Crippen molar-refractivity contribution in [2.24, 2.45) is 0 Å². The van der Waals surface area contributed by atoms with Crippen LogP contribution in [0.1, 0.15) is 328 Å². The summed E-state index contributed by atoms with van der Waals surface area (Å²) in [6.45, 7) is 4.94. The van der Waals surface area contributed by atoms with Crippen LogP contribution in [0, 0.1) is 0 Å². The number of aliphatic hydroxyl groups excluding tert-OH is 2. The Morgan fingerprint density at radius 2 is 0.701 bits per heavy atom. The van der Waals surface area contributed by atoms with E-state index in [4.69, 9.17) is 4.74 Å². The summed E-state index contributed by atoms with van der Waals surface area (Å²) in [6.07, 6.45) is 68.9. The molecule has 6 heteroatoms. The highest BCUT2D eigenvalue weighted by atomic mass is 16.5. The predicted molar refractivity (Wildman–Crippen MR) is 292 cm³/mol. The highest BCUT2D eigenvalue weighted by Gasteiger charge is 2.20. The summed E-state index contributed by atoms with van der Waals surface area (Å²) in [4.78, 5) is 24.5. The molecule has 0 spiro atoms. The number of hydrogen-bond donors (Lipinski definition) is 3. The van der Waals surface area contributed by atoms with Crippen LogP contribution in [0.4, 0.5) is 0 Å². The number of amides is 1. The molecule has 0 bridgehead atoms. The highest BCUT2D eigenvalue weighted by molar-refractivity contribution is 5.76. The monoisotopic (exact) mass is 944 g/mol. The number of carbonyl (C=O) groups excluding carboxylic acids is 2. The minimum absolute atomic E-state index is 0.00271. The molecule has 2 atom stereocenters. The molecule has 0 aromatic rings. The van der Waals surface area contributed by atoms with Gasteiger partial charge < -0.3 is 20.3 Å². The Kier molecular flexibility index (Phi) is 55.5. The molecule has 0 aliphatic rings. The van der Waals surface area contributed by atoms with Crippen LogP contribution < -0.4 is 5.32 Å². The van der Waals surface area contributed by atoms with Gasteiger partial charge in [-0.3, -0.25) is 9.59 Å². The topological polar surface area (TPSA) is 95.9 Å². The molecule has 0 rings (SSSR count). The van der Waals surface area contributed by atoms with E-state index < -0.39 is 12.1 Å². The molecule has 0 radical (unpaired) electrons. The van der Waals surface area contributed by atoms with E-state index in [1.807, 2.05) is 0 Å². The lowest BCUT2D eigenvalue weighted by Crippen LogP contribution is -2.45. The number of allylic oxidation sites excluding steroid dienone is 4. The van der Waals surface area contributed by atoms with Crippen LogP contribution in [0.25, 0.3) is 0 Å². The van der Waals surface area contributed by atoms with Crippen LogP contribution in [0.15, 0.2) is 24.3 Å². The van der Waals surface area contributed by atoms with Gasteiger partial charge in [-0.25, -0.2) is 0 Å². The van der Waals surface area contributed by atoms with Crippen molar-refractivity contribution >= 4 is 11.9 Å². The zero-order valence-corrected chi connectivity index (χ0v) is 45.1. The van der Waals surface area contributed by atoms with Gasteiger partial charge in [0.15, 0.2) is 0 Å². The molecule has 0 saturated heterocycles. The van der Waals surface area contributed by atoms with Crippen molar-refractivity contribution in [3.8, 4) is 0 Å². The second kappa shape index (κ2) is 56.9. The van der Waals surface area contributed by atoms with Crippen LogP contribution in [0.5, 0.6) is 0 Å². The fourth-order valence-corrected chi connectivity index (χ4v) is 9.34. The van der Waals surface area contributed by atoms with Gasteiger partial charge in [-0.2, -0.15) is 0 Å². The molecule has 0 saturated carbocycles. The molecular formula is C61H117NO5. The van der Waals surface area contributed by atoms with Crippen molar-refractivity contribution in [2.75, 3.05) is 13.2 Å². The van der Waals surface area contributed by atoms with Gasteiger partial charge in [0.25, 0.3) is 0 Å². The molecule has 6 nitrogen and oxygen atoms in total. The summed E-state index contributed by atoms with van der Waals surface area (Å²) in [6, 6.07) is -0.548. The fraction of sp³-hybridized carbons (Fsp3) is 0.902. The van der Waals surface area contributed by atoms with E-state index in [-0.39, 0.29) is 18.5 Å². The van der Waals surface area contributed by atoms with Crippen LogP contribution in [-0.2, 0) is 14.3 Å². The van der Waals surface area contributed by atoms with Gasteiger partial charge >= 0.3 is 5.97 Å². The standard InChI is InChI=1S/C61H117NO5/c1-3-5-7-9-11-13-15-17-18-23-26-30-33-37-41-45-49-53-59(64)58(57-63)62-60(65)54-50-46-42-38-34-31-27-24-21-19-20-22-25-28-32-36-40-44-48-52-56-67-61(66)55-51-47-43-39-35-29-16-14-12-10-8-6-4-2/h14,16,19,21,58-59,63-64H,3-13,15,17-18,20,22-57H2,1-2H3,(H,62,65)/b16-14-,21-19-. The summed E-state index contributed by atoms with van der Waals surface area (Å²) in [7, 11) is 0. The van der Waals surface area contributed by atoms with Crippen LogP contribution in [-0.4, -0.2) is 47.4 Å². The van der Waals surface area contributed by atoms with Gasteiger partial charge in [-0.1, -0.05) is 263 Å². The van der Waals surface area contributed by atoms with Crippen molar-refractivity contribution < 1.29 is 24.5 Å². The number of unbranched alkanes of at least 4 members (excludes halogenated alkanes) is 41. The van der Waals surface area contributed by atoms with Crippen LogP contribution in [0.2, 0.25) is 0 Å². The first-order valence-corrected chi connectivity index (χ1v) is 30.1. The minimum Gasteiger partial charge on any atom is -0.466 e. The molecule has 0 aromatic carbocycles. The smallest absolute Gasteiger partial charge is 0.305 e. The molecule has 0 heterocycles. The van der Waals surface area contributed by atoms with Gasteiger partial charge in [0, 0.05) is 12.8 Å². The van der Waals surface area contributed by atoms with Gasteiger partial charge in [0.1, 0.15) is 0 Å². The van der Waals surface area contributed by atoms with Crippen molar-refractivity contribution in [1.82, 2.24) is 5.32 Å². The summed E-state index contributed by atoms with van der Waals surface area (Å²) >= 11 is 0. The second-order valence-corrected chi connectivity index (χ2v) is 20.7. The normalized spacial score (nSPS) is 12.7. The van der Waals surface area contributed by atoms with Gasteiger partial charge in [-0.05, 0) is 77.0 Å². The molecule has 1 amide bonds. The Balaban J connectivity index is 3.44. The van der Waals surface area contributed by atoms with E-state index in [0.717, 1.165) is 44.9 Å². The van der Waals surface area contributed by atoms with Crippen LogP contribution >= 0.6 is 0 Å². The highest BCUT2D eigenvalue weighted by Crippen LogP contribution is 2.17. The molecule has 396 valence electrons. The number of carbonyl (C=O) groups is 2. The first-order chi connectivity index (χ1) is 33.0. The maximum atomic E-state index is 12.5. The van der Waals surface area contributed by atoms with Gasteiger partial charge in [-0.15, -0.1) is 0 Å². The van der Waals surface area contributed by atoms with Crippen molar-refractivity contribution in [1.29, 1.82) is 0 Å². The summed E-state index contributed by atoms with van der Waals surface area (Å²) < 4.78 is 5.46. The number of aliphatic hydroxyl groups is 2. The van der Waals surface area contributed by atoms with Gasteiger partial charge in [0.2, 0.25) is 5.91 Å². The average molecular weight is 945 g/mol. The Hall–Kier alpha value is -1.66. The molecule has 0 aliphatic heterocycles. The third-order valence-electron chi connectivity index (χ3n) is 14.0. The van der Waals surface area contributed by atoms with Crippen molar-refractivity contribution in [2.45, 2.75) is 341 Å². The van der Waals surface area contributed by atoms with E-state index in [1.165, 1.54) is 250 Å². The Bertz CT molecular complexity index is 1040. The molecule has 0 aromatic heterocycles. The second-order valence-electron chi connectivity index (χ2n) is 20.7. The first-order valence-electron chi connectivity index (χ1n) is 30.1. The van der Waals surface area contributed by atoms with Crippen molar-refractivity contribution in [3.05, 3.63) is 24.3 Å². The maximum Gasteiger partial charge on any atom is 0.305 e. The first kappa shape index (κ1) is 65.3. The zero-order chi connectivity index (χ0) is 48.6. The quantitative estimate of drug-likeness (QED) is 0.0321. The Morgan fingerprint density at radius 3 is 1.07 bits per heavy atom. The Morgan fingerprint density at radius 1 is 0.403 bits per heavy atom. The molecule has 2 unspecified atom stereocenters. The van der Waals surface area contributed by atoms with E-state index in [1.54, 1.807) is 0 Å². The largest absolute Gasteiger partial charge is 0.466 e. The molecular weight excluding hydrogens is 827 g/mol. The zero-order valence-electron chi connectivity index (χ0n) is 45.1. The third-order valence-corrected chi connectivity index (χ3v) is 14.0. The number of nitrogens with one attached hydrogen (secondary N) is 1. The number of esters is 1. The summed E-state index contributed by atoms with van der Waals surface area (Å²) in [5.74, 6) is -0.0443. The average Bonchev–Trinajstić information content (AvgIpc) is 3.33. The molecule has 0 fully saturated rings. The summed E-state index contributed by atoms with van der Waals surface area (Å²) in [5.41, 5.74) is 0. The fourth-order valence-electron chi connectivity index (χ4n) is 9.34.